The Balaban J connectivity index is 1.47. The second kappa shape index (κ2) is 8.24. The van der Waals surface area contributed by atoms with Crippen LogP contribution >= 0.6 is 0 Å². The van der Waals surface area contributed by atoms with E-state index in [9.17, 15) is 4.79 Å². The number of ether oxygens (including phenoxy) is 1. The predicted molar refractivity (Wildman–Crippen MR) is 111 cm³/mol. The lowest BCUT2D eigenvalue weighted by atomic mass is 10.1. The van der Waals surface area contributed by atoms with E-state index in [4.69, 9.17) is 9.26 Å². The third-order valence-corrected chi connectivity index (χ3v) is 5.06. The molecule has 2 aromatic carbocycles. The predicted octanol–water partition coefficient (Wildman–Crippen LogP) is 5.18. The maximum absolute atomic E-state index is 12.3. The second-order valence-corrected chi connectivity index (χ2v) is 7.14. The van der Waals surface area contributed by atoms with E-state index >= 15 is 0 Å². The molecule has 3 aromatic rings. The van der Waals surface area contributed by atoms with Crippen molar-refractivity contribution < 1.29 is 14.1 Å². The van der Waals surface area contributed by atoms with Crippen molar-refractivity contribution >= 4 is 11.8 Å². The smallest absolute Gasteiger partial charge is 0.412 e. The molecule has 1 aliphatic carbocycles. The maximum Gasteiger partial charge on any atom is 0.412 e. The van der Waals surface area contributed by atoms with E-state index in [1.165, 1.54) is 17.5 Å². The Morgan fingerprint density at radius 3 is 2.76 bits per heavy atom. The van der Waals surface area contributed by atoms with Crippen molar-refractivity contribution in [1.82, 2.24) is 5.16 Å². The van der Waals surface area contributed by atoms with Gasteiger partial charge in [0.1, 0.15) is 17.5 Å². The molecule has 1 unspecified atom stereocenters. The topological polar surface area (TPSA) is 64.4 Å². The Morgan fingerprint density at radius 2 is 1.93 bits per heavy atom. The summed E-state index contributed by atoms with van der Waals surface area (Å²) in [7, 11) is 0. The summed E-state index contributed by atoms with van der Waals surface area (Å²) >= 11 is 0. The maximum atomic E-state index is 12.3. The third kappa shape index (κ3) is 4.33. The number of carbonyl (C=O) groups excluding carboxylic acids is 1. The van der Waals surface area contributed by atoms with Crippen LogP contribution in [0.4, 0.5) is 10.5 Å². The van der Waals surface area contributed by atoms with Crippen molar-refractivity contribution in [2.24, 2.45) is 0 Å². The van der Waals surface area contributed by atoms with Crippen LogP contribution in [-0.2, 0) is 17.6 Å². The van der Waals surface area contributed by atoms with Crippen LogP contribution in [0, 0.1) is 18.8 Å². The summed E-state index contributed by atoms with van der Waals surface area (Å²) in [5, 5.41) is 6.65. The number of aryl methyl sites for hydroxylation is 3. The largest absolute Gasteiger partial charge is 0.441 e. The number of hydrogen-bond donors (Lipinski definition) is 1. The molecule has 29 heavy (non-hydrogen) atoms. The summed E-state index contributed by atoms with van der Waals surface area (Å²) in [6, 6.07) is 15.8. The Labute approximate surface area is 170 Å². The molecule has 5 heteroatoms. The van der Waals surface area contributed by atoms with Gasteiger partial charge in [0.25, 0.3) is 0 Å². The van der Waals surface area contributed by atoms with E-state index in [2.05, 4.69) is 34.4 Å². The molecule has 0 bridgehead atoms. The number of aromatic nitrogens is 1. The number of nitrogens with zero attached hydrogens (tertiary/aromatic N) is 1. The minimum absolute atomic E-state index is 0.312. The average Bonchev–Trinajstić information content (AvgIpc) is 3.33. The molecule has 0 aliphatic heterocycles. The number of amides is 1. The summed E-state index contributed by atoms with van der Waals surface area (Å²) in [6.45, 7) is 3.57. The van der Waals surface area contributed by atoms with Crippen LogP contribution < -0.4 is 5.32 Å². The molecule has 1 heterocycles. The SMILES string of the molecule is Cc1noc(C#Cc2ccc3c(c2)CCC3)c1NC(=O)OC(C)c1ccccc1. The van der Waals surface area contributed by atoms with Crippen molar-refractivity contribution in [2.75, 3.05) is 5.32 Å². The fourth-order valence-electron chi connectivity index (χ4n) is 3.46. The molecule has 0 fully saturated rings. The van der Waals surface area contributed by atoms with E-state index in [1.54, 1.807) is 6.92 Å². The minimum atomic E-state index is -0.576. The van der Waals surface area contributed by atoms with Gasteiger partial charge in [-0.25, -0.2) is 4.79 Å². The number of carbonyl (C=O) groups is 1. The summed E-state index contributed by atoms with van der Waals surface area (Å²) in [6.07, 6.45) is 2.49. The minimum Gasteiger partial charge on any atom is -0.441 e. The van der Waals surface area contributed by atoms with Crippen LogP contribution in [0.5, 0.6) is 0 Å². The van der Waals surface area contributed by atoms with E-state index in [-0.39, 0.29) is 6.10 Å². The number of fused-ring (bicyclic) bond motifs is 1. The van der Waals surface area contributed by atoms with Gasteiger partial charge in [-0.15, -0.1) is 0 Å². The average molecular weight is 386 g/mol. The molecule has 0 radical (unpaired) electrons. The van der Waals surface area contributed by atoms with E-state index in [0.717, 1.165) is 24.0 Å². The van der Waals surface area contributed by atoms with Crippen molar-refractivity contribution in [3.05, 3.63) is 82.2 Å². The summed E-state index contributed by atoms with van der Waals surface area (Å²) in [5.41, 5.74) is 5.59. The Bertz CT molecular complexity index is 1090. The molecule has 1 atom stereocenters. The highest BCUT2D eigenvalue weighted by molar-refractivity contribution is 5.87. The number of nitrogens with one attached hydrogen (secondary N) is 1. The van der Waals surface area contributed by atoms with Crippen LogP contribution in [0.2, 0.25) is 0 Å². The first-order chi connectivity index (χ1) is 14.1. The molecule has 146 valence electrons. The van der Waals surface area contributed by atoms with Gasteiger partial charge in [-0.05, 0) is 67.9 Å². The Kier molecular flexibility index (Phi) is 5.35. The monoisotopic (exact) mass is 386 g/mol. The highest BCUT2D eigenvalue weighted by Crippen LogP contribution is 2.24. The molecule has 4 rings (SSSR count). The zero-order valence-corrected chi connectivity index (χ0v) is 16.5. The first-order valence-electron chi connectivity index (χ1n) is 9.73. The molecule has 0 spiro atoms. The highest BCUT2D eigenvalue weighted by atomic mass is 16.6. The molecule has 0 saturated carbocycles. The Hall–Kier alpha value is -3.52. The van der Waals surface area contributed by atoms with Gasteiger partial charge < -0.3 is 9.26 Å². The fourth-order valence-corrected chi connectivity index (χ4v) is 3.46. The summed E-state index contributed by atoms with van der Waals surface area (Å²) < 4.78 is 10.8. The first-order valence-corrected chi connectivity index (χ1v) is 9.73. The van der Waals surface area contributed by atoms with Crippen LogP contribution in [0.1, 0.15) is 53.2 Å². The van der Waals surface area contributed by atoms with Crippen LogP contribution in [0.15, 0.2) is 53.1 Å². The number of hydrogen-bond acceptors (Lipinski definition) is 4. The van der Waals surface area contributed by atoms with Gasteiger partial charge in [-0.2, -0.15) is 0 Å². The molecule has 0 saturated heterocycles. The first kappa shape index (κ1) is 18.8. The standard InChI is InChI=1S/C24H22N2O3/c1-16-23(25-24(27)28-17(2)19-7-4-3-5-8-19)22(29-26-16)14-12-18-11-13-20-9-6-10-21(20)15-18/h3-5,7-8,11,13,15,17H,6,9-10H2,1-2H3,(H,25,27). The summed E-state index contributed by atoms with van der Waals surface area (Å²) in [4.78, 5) is 12.3. The van der Waals surface area contributed by atoms with Crippen molar-refractivity contribution in [3.8, 4) is 11.8 Å². The lowest BCUT2D eigenvalue weighted by Crippen LogP contribution is -2.16. The van der Waals surface area contributed by atoms with Crippen molar-refractivity contribution in [3.63, 3.8) is 0 Å². The zero-order valence-electron chi connectivity index (χ0n) is 16.5. The van der Waals surface area contributed by atoms with Crippen LogP contribution in [-0.4, -0.2) is 11.2 Å². The molecule has 1 aromatic heterocycles. The Morgan fingerprint density at radius 1 is 1.14 bits per heavy atom. The van der Waals surface area contributed by atoms with Gasteiger partial charge in [0, 0.05) is 5.56 Å². The van der Waals surface area contributed by atoms with E-state index in [1.807, 2.05) is 43.3 Å². The van der Waals surface area contributed by atoms with E-state index < -0.39 is 6.09 Å². The second-order valence-electron chi connectivity index (χ2n) is 7.14. The normalized spacial score (nSPS) is 13.2. The number of anilines is 1. The van der Waals surface area contributed by atoms with Gasteiger partial charge in [0.15, 0.2) is 0 Å². The molecule has 5 nitrogen and oxygen atoms in total. The van der Waals surface area contributed by atoms with E-state index in [0.29, 0.717) is 17.1 Å². The number of rotatable bonds is 3. The highest BCUT2D eigenvalue weighted by Gasteiger charge is 2.18. The molecule has 1 aliphatic rings. The summed E-state index contributed by atoms with van der Waals surface area (Å²) in [5.74, 6) is 6.40. The van der Waals surface area contributed by atoms with Gasteiger partial charge >= 0.3 is 6.09 Å². The van der Waals surface area contributed by atoms with Gasteiger partial charge in [0.05, 0.1) is 0 Å². The zero-order chi connectivity index (χ0) is 20.2. The quantitative estimate of drug-likeness (QED) is 0.630. The van der Waals surface area contributed by atoms with Crippen LogP contribution in [0.25, 0.3) is 0 Å². The van der Waals surface area contributed by atoms with Crippen molar-refractivity contribution in [2.45, 2.75) is 39.2 Å². The molecule has 1 N–H and O–H groups in total. The van der Waals surface area contributed by atoms with Gasteiger partial charge in [-0.1, -0.05) is 47.5 Å². The van der Waals surface area contributed by atoms with Gasteiger partial charge in [0.2, 0.25) is 5.76 Å². The van der Waals surface area contributed by atoms with Crippen LogP contribution in [0.3, 0.4) is 0 Å². The molecular formula is C24H22N2O3. The fraction of sp³-hybridized carbons (Fsp3) is 0.250. The third-order valence-electron chi connectivity index (χ3n) is 5.06. The molecule has 1 amide bonds. The lowest BCUT2D eigenvalue weighted by Gasteiger charge is -2.13. The molecular weight excluding hydrogens is 364 g/mol. The van der Waals surface area contributed by atoms with Gasteiger partial charge in [-0.3, -0.25) is 5.32 Å². The lowest BCUT2D eigenvalue weighted by molar-refractivity contribution is 0.121. The van der Waals surface area contributed by atoms with Crippen molar-refractivity contribution in [1.29, 1.82) is 0 Å². The number of benzene rings is 2.